The van der Waals surface area contributed by atoms with E-state index in [4.69, 9.17) is 10.2 Å². The predicted octanol–water partition coefficient (Wildman–Crippen LogP) is -1.62. The summed E-state index contributed by atoms with van der Waals surface area (Å²) in [6.45, 7) is 1.64. The van der Waals surface area contributed by atoms with Crippen LogP contribution in [0.2, 0.25) is 0 Å². The number of rotatable bonds is 8. The molecule has 1 aliphatic rings. The summed E-state index contributed by atoms with van der Waals surface area (Å²) in [5.74, 6) is -2.05. The van der Waals surface area contributed by atoms with Gasteiger partial charge in [0.1, 0.15) is 0 Å². The molecule has 1 aliphatic heterocycles. The number of aliphatic carboxylic acids is 2. The first-order chi connectivity index (χ1) is 14.4. The van der Waals surface area contributed by atoms with Crippen molar-refractivity contribution in [2.45, 2.75) is 6.54 Å². The third-order valence-electron chi connectivity index (χ3n) is 4.66. The Kier molecular flexibility index (Phi) is 8.56. The molecular weight excluding hydrogens is 437 g/mol. The SMILES string of the molecule is O=C(O)CN1CCN(CC(=O)O)CCN(Cc2cc([N+](=O)[O-])cc(P(=O)(O)O)n2)CC1. The number of carbonyl (C=O) groups is 2. The highest BCUT2D eigenvalue weighted by atomic mass is 31.2. The number of carboxylic acid groups (broad SMARTS) is 2. The molecule has 15 heteroatoms. The van der Waals surface area contributed by atoms with Crippen LogP contribution in [-0.2, 0) is 20.7 Å². The van der Waals surface area contributed by atoms with Crippen molar-refractivity contribution in [3.8, 4) is 0 Å². The largest absolute Gasteiger partial charge is 0.480 e. The van der Waals surface area contributed by atoms with Crippen molar-refractivity contribution >= 4 is 30.7 Å². The molecule has 2 heterocycles. The number of carboxylic acids is 2. The van der Waals surface area contributed by atoms with Crippen molar-refractivity contribution < 1.29 is 39.1 Å². The van der Waals surface area contributed by atoms with Crippen LogP contribution in [0, 0.1) is 10.1 Å². The lowest BCUT2D eigenvalue weighted by Gasteiger charge is -2.24. The molecule has 14 nitrogen and oxygen atoms in total. The Bertz CT molecular complexity index is 849. The van der Waals surface area contributed by atoms with E-state index in [1.807, 2.05) is 0 Å². The van der Waals surface area contributed by atoms with Crippen LogP contribution in [0.15, 0.2) is 12.1 Å². The number of aromatic nitrogens is 1. The lowest BCUT2D eigenvalue weighted by atomic mass is 10.3. The van der Waals surface area contributed by atoms with E-state index in [0.717, 1.165) is 12.1 Å². The average Bonchev–Trinajstić information content (AvgIpc) is 2.73. The molecule has 0 radical (unpaired) electrons. The summed E-state index contributed by atoms with van der Waals surface area (Å²) in [4.78, 5) is 60.3. The lowest BCUT2D eigenvalue weighted by molar-refractivity contribution is -0.384. The van der Waals surface area contributed by atoms with Gasteiger partial charge in [-0.3, -0.25) is 39.0 Å². The predicted molar refractivity (Wildman–Crippen MR) is 106 cm³/mol. The van der Waals surface area contributed by atoms with Gasteiger partial charge in [-0.25, -0.2) is 4.98 Å². The Hall–Kier alpha value is -2.48. The van der Waals surface area contributed by atoms with E-state index in [2.05, 4.69) is 4.98 Å². The van der Waals surface area contributed by atoms with Gasteiger partial charge in [-0.15, -0.1) is 0 Å². The van der Waals surface area contributed by atoms with Crippen molar-refractivity contribution in [1.82, 2.24) is 19.7 Å². The molecular formula is C16H24N5O9P. The third kappa shape index (κ3) is 8.28. The van der Waals surface area contributed by atoms with E-state index in [9.17, 15) is 34.1 Å². The maximum absolute atomic E-state index is 11.6. The zero-order chi connectivity index (χ0) is 23.2. The van der Waals surface area contributed by atoms with Gasteiger partial charge in [-0.1, -0.05) is 0 Å². The lowest BCUT2D eigenvalue weighted by Crippen LogP contribution is -2.40. The van der Waals surface area contributed by atoms with E-state index < -0.39 is 35.6 Å². The summed E-state index contributed by atoms with van der Waals surface area (Å²) in [7, 11) is -4.82. The molecule has 172 valence electrons. The monoisotopic (exact) mass is 461 g/mol. The van der Waals surface area contributed by atoms with Crippen LogP contribution in [-0.4, -0.2) is 109 Å². The first kappa shape index (κ1) is 24.8. The van der Waals surface area contributed by atoms with Crippen LogP contribution < -0.4 is 5.44 Å². The second-order valence-electron chi connectivity index (χ2n) is 7.09. The standard InChI is InChI=1S/C16H24N5O9P/c22-15(23)10-19-3-1-18(2-4-20(6-5-19)11-16(24)25)9-12-7-13(21(26)27)8-14(17-12)31(28,29)30/h7-8H,1-6,9-11H2,(H,22,23)(H,24,25)(H2,28,29,30). The molecule has 1 fully saturated rings. The normalized spacial score (nSPS) is 17.5. The number of hydrogen-bond acceptors (Lipinski definition) is 9. The molecule has 2 rings (SSSR count). The zero-order valence-electron chi connectivity index (χ0n) is 16.5. The number of nitrogens with zero attached hydrogens (tertiary/aromatic N) is 5. The Morgan fingerprint density at radius 3 is 1.81 bits per heavy atom. The topological polar surface area (TPSA) is 198 Å². The Labute approximate surface area is 177 Å². The quantitative estimate of drug-likeness (QED) is 0.196. The highest BCUT2D eigenvalue weighted by molar-refractivity contribution is 7.60. The summed E-state index contributed by atoms with van der Waals surface area (Å²) in [6, 6.07) is 1.85. The second kappa shape index (κ2) is 10.7. The van der Waals surface area contributed by atoms with Crippen molar-refractivity contribution in [3.05, 3.63) is 27.9 Å². The fraction of sp³-hybridized carbons (Fsp3) is 0.562. The molecule has 31 heavy (non-hydrogen) atoms. The molecule has 0 amide bonds. The van der Waals surface area contributed by atoms with Crippen molar-refractivity contribution in [3.63, 3.8) is 0 Å². The van der Waals surface area contributed by atoms with Crippen LogP contribution in [0.5, 0.6) is 0 Å². The molecule has 1 aromatic rings. The Morgan fingerprint density at radius 1 is 0.968 bits per heavy atom. The smallest absolute Gasteiger partial charge is 0.374 e. The van der Waals surface area contributed by atoms with Crippen molar-refractivity contribution in [2.24, 2.45) is 0 Å². The molecule has 0 unspecified atom stereocenters. The number of nitro groups is 1. The van der Waals surface area contributed by atoms with E-state index in [-0.39, 0.29) is 25.3 Å². The van der Waals surface area contributed by atoms with Gasteiger partial charge in [-0.2, -0.15) is 0 Å². The molecule has 1 aromatic heterocycles. The van der Waals surface area contributed by atoms with Gasteiger partial charge in [-0.05, 0) is 0 Å². The van der Waals surface area contributed by atoms with Gasteiger partial charge in [0, 0.05) is 51.9 Å². The summed E-state index contributed by atoms with van der Waals surface area (Å²) in [5.41, 5.74) is -1.14. The maximum atomic E-state index is 11.6. The van der Waals surface area contributed by atoms with Crippen molar-refractivity contribution in [1.29, 1.82) is 0 Å². The fourth-order valence-corrected chi connectivity index (χ4v) is 3.72. The molecule has 0 aromatic carbocycles. The van der Waals surface area contributed by atoms with E-state index in [0.29, 0.717) is 39.3 Å². The second-order valence-corrected chi connectivity index (χ2v) is 8.64. The van der Waals surface area contributed by atoms with Gasteiger partial charge in [0.2, 0.25) is 0 Å². The molecule has 1 saturated heterocycles. The summed E-state index contributed by atoms with van der Waals surface area (Å²) in [5, 5.41) is 29.3. The van der Waals surface area contributed by atoms with Gasteiger partial charge in [0.05, 0.1) is 29.8 Å². The first-order valence-electron chi connectivity index (χ1n) is 9.26. The van der Waals surface area contributed by atoms with Crippen LogP contribution in [0.25, 0.3) is 0 Å². The van der Waals surface area contributed by atoms with Gasteiger partial charge >= 0.3 is 19.5 Å². The highest BCUT2D eigenvalue weighted by Crippen LogP contribution is 2.33. The van der Waals surface area contributed by atoms with E-state index >= 15 is 0 Å². The summed E-state index contributed by atoms with van der Waals surface area (Å²) in [6.07, 6.45) is 0. The minimum absolute atomic E-state index is 0.0104. The van der Waals surface area contributed by atoms with Gasteiger partial charge in [0.15, 0.2) is 5.44 Å². The molecule has 0 bridgehead atoms. The van der Waals surface area contributed by atoms with Gasteiger partial charge in [0.25, 0.3) is 5.69 Å². The van der Waals surface area contributed by atoms with Crippen LogP contribution in [0.3, 0.4) is 0 Å². The third-order valence-corrected chi connectivity index (χ3v) is 5.49. The van der Waals surface area contributed by atoms with Crippen LogP contribution in [0.1, 0.15) is 5.69 Å². The fourth-order valence-electron chi connectivity index (χ4n) is 3.16. The minimum Gasteiger partial charge on any atom is -0.480 e. The van der Waals surface area contributed by atoms with Crippen LogP contribution >= 0.6 is 7.60 Å². The molecule has 4 N–H and O–H groups in total. The van der Waals surface area contributed by atoms with E-state index in [1.165, 1.54) is 0 Å². The average molecular weight is 461 g/mol. The highest BCUT2D eigenvalue weighted by Gasteiger charge is 2.25. The molecule has 0 spiro atoms. The van der Waals surface area contributed by atoms with Crippen molar-refractivity contribution in [2.75, 3.05) is 52.4 Å². The van der Waals surface area contributed by atoms with E-state index in [1.54, 1.807) is 14.7 Å². The maximum Gasteiger partial charge on any atom is 0.374 e. The zero-order valence-corrected chi connectivity index (χ0v) is 17.4. The summed E-state index contributed by atoms with van der Waals surface area (Å²) < 4.78 is 11.6. The Balaban J connectivity index is 2.25. The molecule has 0 saturated carbocycles. The molecule has 0 aliphatic carbocycles. The number of hydrogen-bond donors (Lipinski definition) is 4. The summed E-state index contributed by atoms with van der Waals surface area (Å²) >= 11 is 0. The number of pyridine rings is 1. The first-order valence-corrected chi connectivity index (χ1v) is 10.9. The van der Waals surface area contributed by atoms with Gasteiger partial charge < -0.3 is 20.0 Å². The van der Waals surface area contributed by atoms with Crippen LogP contribution in [0.4, 0.5) is 5.69 Å². The molecule has 0 atom stereocenters. The Morgan fingerprint density at radius 2 is 1.42 bits per heavy atom. The minimum atomic E-state index is -4.82.